The maximum Gasteiger partial charge on any atom is 0.416 e. The number of carbonyl (C=O) groups excluding carboxylic acids is 1. The molecule has 0 saturated heterocycles. The van der Waals surface area contributed by atoms with E-state index in [0.29, 0.717) is 5.92 Å². The van der Waals surface area contributed by atoms with Gasteiger partial charge in [-0.3, -0.25) is 4.79 Å². The van der Waals surface area contributed by atoms with Crippen LogP contribution in [0.3, 0.4) is 0 Å². The van der Waals surface area contributed by atoms with E-state index in [2.05, 4.69) is 29.2 Å². The van der Waals surface area contributed by atoms with Crippen LogP contribution in [0.1, 0.15) is 65.1 Å². The summed E-state index contributed by atoms with van der Waals surface area (Å²) in [5.74, 6) is 0.221. The van der Waals surface area contributed by atoms with Gasteiger partial charge in [0.2, 0.25) is 0 Å². The van der Waals surface area contributed by atoms with E-state index in [1.807, 2.05) is 7.05 Å². The summed E-state index contributed by atoms with van der Waals surface area (Å²) in [6.45, 7) is 1.92. The minimum absolute atomic E-state index is 0.0930. The first-order valence-electron chi connectivity index (χ1n) is 11.5. The van der Waals surface area contributed by atoms with Crippen molar-refractivity contribution in [2.45, 2.75) is 56.8 Å². The Kier molecular flexibility index (Phi) is 8.54. The molecule has 0 heterocycles. The first-order valence-corrected chi connectivity index (χ1v) is 11.5. The van der Waals surface area contributed by atoms with Gasteiger partial charge in [0.15, 0.2) is 0 Å². The minimum atomic E-state index is -4.40. The van der Waals surface area contributed by atoms with Crippen molar-refractivity contribution < 1.29 is 23.1 Å². The van der Waals surface area contributed by atoms with Gasteiger partial charge in [-0.15, -0.1) is 0 Å². The van der Waals surface area contributed by atoms with Gasteiger partial charge in [-0.05, 0) is 80.5 Å². The maximum atomic E-state index is 12.8. The summed E-state index contributed by atoms with van der Waals surface area (Å²) in [5.41, 5.74) is 2.10. The zero-order valence-corrected chi connectivity index (χ0v) is 19.3. The molecule has 0 bridgehead atoms. The molecule has 1 aliphatic carbocycles. The SMILES string of the molecule is CN(CCCO)Cc1ccc(C2CCC(N(C)C(=O)c3ccc(C(F)(F)F)cc3)CC2)cc1. The molecule has 33 heavy (non-hydrogen) atoms. The highest BCUT2D eigenvalue weighted by Crippen LogP contribution is 2.35. The number of nitrogens with zero attached hydrogens (tertiary/aromatic N) is 2. The highest BCUT2D eigenvalue weighted by atomic mass is 19.4. The van der Waals surface area contributed by atoms with Crippen LogP contribution in [0.2, 0.25) is 0 Å². The van der Waals surface area contributed by atoms with Gasteiger partial charge in [-0.1, -0.05) is 24.3 Å². The van der Waals surface area contributed by atoms with Crippen LogP contribution in [0.4, 0.5) is 13.2 Å². The Labute approximate surface area is 194 Å². The highest BCUT2D eigenvalue weighted by molar-refractivity contribution is 5.94. The lowest BCUT2D eigenvalue weighted by atomic mass is 9.81. The van der Waals surface area contributed by atoms with Crippen LogP contribution in [-0.4, -0.2) is 54.1 Å². The summed E-state index contributed by atoms with van der Waals surface area (Å²) in [5, 5.41) is 8.95. The Morgan fingerprint density at radius 3 is 2.12 bits per heavy atom. The van der Waals surface area contributed by atoms with E-state index in [9.17, 15) is 18.0 Å². The zero-order chi connectivity index (χ0) is 24.0. The van der Waals surface area contributed by atoms with Crippen molar-refractivity contribution in [1.29, 1.82) is 0 Å². The third-order valence-electron chi connectivity index (χ3n) is 6.63. The molecule has 1 aliphatic rings. The van der Waals surface area contributed by atoms with Gasteiger partial charge in [0, 0.05) is 38.3 Å². The lowest BCUT2D eigenvalue weighted by molar-refractivity contribution is -0.137. The van der Waals surface area contributed by atoms with Crippen molar-refractivity contribution in [3.63, 3.8) is 0 Å². The van der Waals surface area contributed by atoms with Gasteiger partial charge < -0.3 is 14.9 Å². The predicted molar refractivity (Wildman–Crippen MR) is 123 cm³/mol. The van der Waals surface area contributed by atoms with Gasteiger partial charge in [0.1, 0.15) is 0 Å². The zero-order valence-electron chi connectivity index (χ0n) is 19.3. The molecule has 1 fully saturated rings. The summed E-state index contributed by atoms with van der Waals surface area (Å²) in [6, 6.07) is 13.3. The number of hydrogen-bond acceptors (Lipinski definition) is 3. The van der Waals surface area contributed by atoms with Crippen LogP contribution < -0.4 is 0 Å². The topological polar surface area (TPSA) is 43.8 Å². The highest BCUT2D eigenvalue weighted by Gasteiger charge is 2.31. The molecule has 2 aromatic rings. The Morgan fingerprint density at radius 1 is 0.970 bits per heavy atom. The number of halogens is 3. The average Bonchev–Trinajstić information content (AvgIpc) is 2.82. The number of aliphatic hydroxyl groups is 1. The second-order valence-electron chi connectivity index (χ2n) is 9.05. The van der Waals surface area contributed by atoms with Crippen molar-refractivity contribution in [2.24, 2.45) is 0 Å². The molecule has 3 rings (SSSR count). The van der Waals surface area contributed by atoms with Crippen molar-refractivity contribution in [3.8, 4) is 0 Å². The minimum Gasteiger partial charge on any atom is -0.396 e. The molecule has 0 unspecified atom stereocenters. The van der Waals surface area contributed by atoms with Gasteiger partial charge in [0.25, 0.3) is 5.91 Å². The van der Waals surface area contributed by atoms with Crippen molar-refractivity contribution >= 4 is 5.91 Å². The van der Waals surface area contributed by atoms with Crippen LogP contribution in [0.15, 0.2) is 48.5 Å². The smallest absolute Gasteiger partial charge is 0.396 e. The van der Waals surface area contributed by atoms with Crippen molar-refractivity contribution in [2.75, 3.05) is 27.2 Å². The molecular formula is C26H33F3N2O2. The fourth-order valence-electron chi connectivity index (χ4n) is 4.59. The van der Waals surface area contributed by atoms with Gasteiger partial charge in [0.05, 0.1) is 5.56 Å². The fourth-order valence-corrected chi connectivity index (χ4v) is 4.59. The first kappa shape index (κ1) is 25.2. The molecule has 4 nitrogen and oxygen atoms in total. The van der Waals surface area contributed by atoms with Gasteiger partial charge in [-0.2, -0.15) is 13.2 Å². The molecule has 0 aliphatic heterocycles. The molecule has 7 heteroatoms. The Hall–Kier alpha value is -2.38. The average molecular weight is 463 g/mol. The van der Waals surface area contributed by atoms with Gasteiger partial charge >= 0.3 is 6.18 Å². The normalized spacial score (nSPS) is 19.0. The van der Waals surface area contributed by atoms with E-state index in [0.717, 1.165) is 57.3 Å². The molecule has 1 N–H and O–H groups in total. The maximum absolute atomic E-state index is 12.8. The standard InChI is InChI=1S/C26H33F3N2O2/c1-30(16-3-17-32)18-19-4-6-20(7-5-19)21-10-14-24(15-11-21)31(2)25(33)22-8-12-23(13-9-22)26(27,28)29/h4-9,12-13,21,24,32H,3,10-11,14-18H2,1-2H3. The van der Waals surface area contributed by atoms with E-state index < -0.39 is 11.7 Å². The molecular weight excluding hydrogens is 429 g/mol. The molecule has 0 atom stereocenters. The van der Waals surface area contributed by atoms with E-state index in [4.69, 9.17) is 5.11 Å². The van der Waals surface area contributed by atoms with Crippen LogP contribution >= 0.6 is 0 Å². The number of amides is 1. The van der Waals surface area contributed by atoms with Crippen LogP contribution in [0.25, 0.3) is 0 Å². The van der Waals surface area contributed by atoms with Crippen LogP contribution in [-0.2, 0) is 12.7 Å². The monoisotopic (exact) mass is 462 g/mol. The summed E-state index contributed by atoms with van der Waals surface area (Å²) in [6.07, 6.45) is 0.0714. The fraction of sp³-hybridized carbons (Fsp3) is 0.500. The largest absolute Gasteiger partial charge is 0.416 e. The second-order valence-corrected chi connectivity index (χ2v) is 9.05. The van der Waals surface area contributed by atoms with Crippen molar-refractivity contribution in [3.05, 3.63) is 70.8 Å². The van der Waals surface area contributed by atoms with Crippen LogP contribution in [0.5, 0.6) is 0 Å². The number of hydrogen-bond donors (Lipinski definition) is 1. The molecule has 0 radical (unpaired) electrons. The van der Waals surface area contributed by atoms with E-state index in [1.165, 1.54) is 23.3 Å². The third-order valence-corrected chi connectivity index (χ3v) is 6.63. The third kappa shape index (κ3) is 6.81. The summed E-state index contributed by atoms with van der Waals surface area (Å²) >= 11 is 0. The van der Waals surface area contributed by atoms with E-state index in [1.54, 1.807) is 11.9 Å². The quantitative estimate of drug-likeness (QED) is 0.578. The van der Waals surface area contributed by atoms with Gasteiger partial charge in [-0.25, -0.2) is 0 Å². The van der Waals surface area contributed by atoms with Crippen molar-refractivity contribution in [1.82, 2.24) is 9.80 Å². The lowest BCUT2D eigenvalue weighted by Crippen LogP contribution is -2.39. The number of carbonyl (C=O) groups is 1. The summed E-state index contributed by atoms with van der Waals surface area (Å²) in [4.78, 5) is 16.7. The molecule has 1 amide bonds. The predicted octanol–water partition coefficient (Wildman–Crippen LogP) is 5.32. The first-order chi connectivity index (χ1) is 15.7. The molecule has 1 saturated carbocycles. The van der Waals surface area contributed by atoms with E-state index >= 15 is 0 Å². The lowest BCUT2D eigenvalue weighted by Gasteiger charge is -2.35. The van der Waals surface area contributed by atoms with Crippen LogP contribution in [0, 0.1) is 0 Å². The molecule has 2 aromatic carbocycles. The molecule has 0 aromatic heterocycles. The van der Waals surface area contributed by atoms with E-state index in [-0.39, 0.29) is 24.1 Å². The molecule has 180 valence electrons. The summed E-state index contributed by atoms with van der Waals surface area (Å²) < 4.78 is 38.3. The number of rotatable bonds is 8. The Morgan fingerprint density at radius 2 is 1.58 bits per heavy atom. The number of alkyl halides is 3. The molecule has 0 spiro atoms. The Balaban J connectivity index is 1.52. The second kappa shape index (κ2) is 11.2. The summed E-state index contributed by atoms with van der Waals surface area (Å²) in [7, 11) is 3.79. The number of benzene rings is 2. The Bertz CT molecular complexity index is 889. The number of aliphatic hydroxyl groups excluding tert-OH is 1.